The Morgan fingerprint density at radius 1 is 1.32 bits per heavy atom. The van der Waals surface area contributed by atoms with Crippen LogP contribution in [0.3, 0.4) is 0 Å². The van der Waals surface area contributed by atoms with E-state index in [1.807, 2.05) is 25.9 Å². The van der Waals surface area contributed by atoms with E-state index in [0.29, 0.717) is 22.9 Å². The second kappa shape index (κ2) is 8.48. The molecule has 22 heavy (non-hydrogen) atoms. The molecule has 0 fully saturated rings. The number of nitrogens with one attached hydrogen (secondary N) is 3. The van der Waals surface area contributed by atoms with Crippen molar-refractivity contribution in [2.24, 2.45) is 0 Å². The van der Waals surface area contributed by atoms with Crippen molar-refractivity contribution in [1.29, 1.82) is 0 Å². The molecule has 0 aliphatic rings. The van der Waals surface area contributed by atoms with Crippen LogP contribution in [0.15, 0.2) is 18.2 Å². The summed E-state index contributed by atoms with van der Waals surface area (Å²) in [5.41, 5.74) is 1.29. The second-order valence-corrected chi connectivity index (χ2v) is 5.55. The summed E-state index contributed by atoms with van der Waals surface area (Å²) < 4.78 is 0. The van der Waals surface area contributed by atoms with E-state index in [0.717, 1.165) is 6.42 Å². The topological polar surface area (TPSA) is 73.5 Å². The van der Waals surface area contributed by atoms with E-state index >= 15 is 0 Å². The number of carbonyl (C=O) groups is 2. The van der Waals surface area contributed by atoms with Gasteiger partial charge in [-0.05, 0) is 25.5 Å². The van der Waals surface area contributed by atoms with E-state index in [4.69, 9.17) is 11.6 Å². The molecule has 0 aliphatic heterocycles. The molecule has 0 heterocycles. The first kappa shape index (κ1) is 18.1. The molecule has 3 amide bonds. The smallest absolute Gasteiger partial charge is 0.319 e. The van der Waals surface area contributed by atoms with Crippen LogP contribution in [0, 0.1) is 0 Å². The quantitative estimate of drug-likeness (QED) is 0.751. The van der Waals surface area contributed by atoms with Crippen LogP contribution in [-0.4, -0.2) is 38.6 Å². The molecule has 0 saturated heterocycles. The highest BCUT2D eigenvalue weighted by atomic mass is 35.5. The molecule has 6 nitrogen and oxygen atoms in total. The molecule has 1 aromatic carbocycles. The van der Waals surface area contributed by atoms with Crippen LogP contribution in [0.2, 0.25) is 5.02 Å². The summed E-state index contributed by atoms with van der Waals surface area (Å²) in [6, 6.07) is 4.18. The minimum atomic E-state index is -0.617. The number of para-hydroxylation sites is 1. The van der Waals surface area contributed by atoms with Crippen molar-refractivity contribution < 1.29 is 9.59 Å². The van der Waals surface area contributed by atoms with Gasteiger partial charge in [0.15, 0.2) is 0 Å². The van der Waals surface area contributed by atoms with Gasteiger partial charge in [-0.1, -0.05) is 24.6 Å². The van der Waals surface area contributed by atoms with Gasteiger partial charge in [0.05, 0.1) is 16.4 Å². The van der Waals surface area contributed by atoms with Crippen molar-refractivity contribution in [2.45, 2.75) is 26.3 Å². The van der Waals surface area contributed by atoms with Crippen LogP contribution in [-0.2, 0) is 4.79 Å². The Bertz CT molecular complexity index is 534. The molecule has 0 saturated carbocycles. The van der Waals surface area contributed by atoms with Gasteiger partial charge in [0.1, 0.15) is 6.04 Å². The highest BCUT2D eigenvalue weighted by Gasteiger charge is 2.16. The fourth-order valence-corrected chi connectivity index (χ4v) is 2.24. The number of benzene rings is 1. The highest BCUT2D eigenvalue weighted by Crippen LogP contribution is 2.32. The molecule has 122 valence electrons. The number of halogens is 1. The summed E-state index contributed by atoms with van der Waals surface area (Å²) in [5, 5.41) is 8.59. The molecular weight excluding hydrogens is 304 g/mol. The lowest BCUT2D eigenvalue weighted by atomic mass is 10.2. The highest BCUT2D eigenvalue weighted by molar-refractivity contribution is 6.34. The number of anilines is 2. The summed E-state index contributed by atoms with van der Waals surface area (Å²) in [5.74, 6) is -0.212. The zero-order valence-corrected chi connectivity index (χ0v) is 14.1. The van der Waals surface area contributed by atoms with Crippen molar-refractivity contribution >= 4 is 34.9 Å². The second-order valence-electron chi connectivity index (χ2n) is 5.14. The van der Waals surface area contributed by atoms with Gasteiger partial charge in [0.25, 0.3) is 0 Å². The number of nitrogens with zero attached hydrogens (tertiary/aromatic N) is 1. The number of hydrogen-bond donors (Lipinski definition) is 3. The maximum absolute atomic E-state index is 12.0. The minimum Gasteiger partial charge on any atom is -0.375 e. The first-order valence-electron chi connectivity index (χ1n) is 7.17. The lowest BCUT2D eigenvalue weighted by Crippen LogP contribution is -2.46. The summed E-state index contributed by atoms with van der Waals surface area (Å²) in [7, 11) is 3.68. The molecule has 1 atom stereocenters. The van der Waals surface area contributed by atoms with Crippen LogP contribution < -0.4 is 20.9 Å². The Labute approximate surface area is 136 Å². The molecule has 7 heteroatoms. The van der Waals surface area contributed by atoms with Crippen LogP contribution in [0.25, 0.3) is 0 Å². The van der Waals surface area contributed by atoms with Gasteiger partial charge < -0.3 is 20.9 Å². The fraction of sp³-hybridized carbons (Fsp3) is 0.467. The lowest BCUT2D eigenvalue weighted by Gasteiger charge is -2.20. The fourth-order valence-electron chi connectivity index (χ4n) is 1.89. The third-order valence-electron chi connectivity index (χ3n) is 2.97. The molecule has 1 rings (SSSR count). The maximum atomic E-state index is 12.0. The third kappa shape index (κ3) is 5.11. The zero-order chi connectivity index (χ0) is 16.7. The average molecular weight is 327 g/mol. The van der Waals surface area contributed by atoms with Crippen molar-refractivity contribution in [3.63, 3.8) is 0 Å². The van der Waals surface area contributed by atoms with E-state index in [1.165, 1.54) is 0 Å². The number of rotatable bonds is 6. The summed E-state index contributed by atoms with van der Waals surface area (Å²) in [4.78, 5) is 25.6. The van der Waals surface area contributed by atoms with Crippen molar-refractivity contribution in [1.82, 2.24) is 10.6 Å². The van der Waals surface area contributed by atoms with Gasteiger partial charge in [0.2, 0.25) is 5.91 Å². The number of hydrogen-bond acceptors (Lipinski definition) is 3. The molecule has 0 aliphatic carbocycles. The van der Waals surface area contributed by atoms with Gasteiger partial charge in [0, 0.05) is 20.6 Å². The Hall–Kier alpha value is -1.95. The maximum Gasteiger partial charge on any atom is 0.319 e. The van der Waals surface area contributed by atoms with Crippen molar-refractivity contribution in [2.75, 3.05) is 30.9 Å². The molecule has 1 aromatic rings. The number of urea groups is 1. The Balaban J connectivity index is 2.70. The van der Waals surface area contributed by atoms with Gasteiger partial charge in [-0.15, -0.1) is 0 Å². The van der Waals surface area contributed by atoms with Crippen LogP contribution >= 0.6 is 11.6 Å². The molecule has 0 radical (unpaired) electrons. The Kier molecular flexibility index (Phi) is 6.98. The molecule has 3 N–H and O–H groups in total. The molecular formula is C15H23ClN4O2. The monoisotopic (exact) mass is 326 g/mol. The van der Waals surface area contributed by atoms with Gasteiger partial charge in [-0.2, -0.15) is 0 Å². The molecule has 0 unspecified atom stereocenters. The van der Waals surface area contributed by atoms with Crippen LogP contribution in [0.5, 0.6) is 0 Å². The summed E-state index contributed by atoms with van der Waals surface area (Å²) >= 11 is 6.14. The summed E-state index contributed by atoms with van der Waals surface area (Å²) in [6.45, 7) is 4.19. The minimum absolute atomic E-state index is 0.212. The zero-order valence-electron chi connectivity index (χ0n) is 13.4. The van der Waals surface area contributed by atoms with E-state index in [-0.39, 0.29) is 5.91 Å². The van der Waals surface area contributed by atoms with Crippen LogP contribution in [0.1, 0.15) is 20.3 Å². The van der Waals surface area contributed by atoms with E-state index in [2.05, 4.69) is 16.0 Å². The van der Waals surface area contributed by atoms with E-state index in [9.17, 15) is 9.59 Å². The SMILES string of the molecule is CCCNC(=O)[C@H](C)NC(=O)Nc1cccc(Cl)c1N(C)C. The van der Waals surface area contributed by atoms with Crippen molar-refractivity contribution in [3.05, 3.63) is 23.2 Å². The largest absolute Gasteiger partial charge is 0.375 e. The summed E-state index contributed by atoms with van der Waals surface area (Å²) in [6.07, 6.45) is 0.847. The predicted molar refractivity (Wildman–Crippen MR) is 90.7 cm³/mol. The van der Waals surface area contributed by atoms with Gasteiger partial charge >= 0.3 is 6.03 Å². The standard InChI is InChI=1S/C15H23ClN4O2/c1-5-9-17-14(21)10(2)18-15(22)19-12-8-6-7-11(16)13(12)20(3)4/h6-8,10H,5,9H2,1-4H3,(H,17,21)(H2,18,19,22)/t10-/m0/s1. The van der Waals surface area contributed by atoms with Gasteiger partial charge in [-0.3, -0.25) is 4.79 Å². The molecule has 0 aromatic heterocycles. The Morgan fingerprint density at radius 3 is 2.59 bits per heavy atom. The molecule has 0 bridgehead atoms. The number of carbonyl (C=O) groups excluding carboxylic acids is 2. The normalized spacial score (nSPS) is 11.5. The Morgan fingerprint density at radius 2 is 2.00 bits per heavy atom. The van der Waals surface area contributed by atoms with Crippen molar-refractivity contribution in [3.8, 4) is 0 Å². The van der Waals surface area contributed by atoms with Gasteiger partial charge in [-0.25, -0.2) is 4.79 Å². The predicted octanol–water partition coefficient (Wildman–Crippen LogP) is 2.44. The lowest BCUT2D eigenvalue weighted by molar-refractivity contribution is -0.122. The van der Waals surface area contributed by atoms with E-state index in [1.54, 1.807) is 25.1 Å². The van der Waals surface area contributed by atoms with E-state index < -0.39 is 12.1 Å². The van der Waals surface area contributed by atoms with Crippen LogP contribution in [0.4, 0.5) is 16.2 Å². The third-order valence-corrected chi connectivity index (χ3v) is 3.28. The molecule has 0 spiro atoms. The first-order chi connectivity index (χ1) is 10.4. The first-order valence-corrected chi connectivity index (χ1v) is 7.55. The average Bonchev–Trinajstić information content (AvgIpc) is 2.44. The number of amides is 3.